The number of likely N-dealkylation sites (N-methyl/N-ethyl adjacent to an activating group) is 1. The van der Waals surface area contributed by atoms with E-state index in [0.29, 0.717) is 17.1 Å². The minimum Gasteiger partial charge on any atom is -0.497 e. The zero-order valence-corrected chi connectivity index (χ0v) is 14.0. The normalized spacial score (nSPS) is 9.96. The molecule has 0 aromatic heterocycles. The zero-order valence-electron chi connectivity index (χ0n) is 14.0. The van der Waals surface area contributed by atoms with Crippen molar-refractivity contribution < 1.29 is 14.3 Å². The minimum atomic E-state index is -0.362. The number of amides is 3. The van der Waals surface area contributed by atoms with Crippen LogP contribution in [0.15, 0.2) is 48.5 Å². The topological polar surface area (TPSA) is 70.7 Å². The van der Waals surface area contributed by atoms with Crippen molar-refractivity contribution in [2.45, 2.75) is 6.92 Å². The van der Waals surface area contributed by atoms with Gasteiger partial charge in [0.15, 0.2) is 0 Å². The fourth-order valence-electron chi connectivity index (χ4n) is 2.02. The number of hydrogen-bond acceptors (Lipinski definition) is 3. The SMILES string of the molecule is COc1ccc(NC(=O)N(C)CC(=O)Nc2ccc(C)cc2)cc1. The lowest BCUT2D eigenvalue weighted by molar-refractivity contribution is -0.116. The lowest BCUT2D eigenvalue weighted by atomic mass is 10.2. The Labute approximate surface area is 141 Å². The van der Waals surface area contributed by atoms with Crippen molar-refractivity contribution in [2.24, 2.45) is 0 Å². The maximum absolute atomic E-state index is 12.1. The number of nitrogens with one attached hydrogen (secondary N) is 2. The smallest absolute Gasteiger partial charge is 0.322 e. The molecule has 0 spiro atoms. The van der Waals surface area contributed by atoms with Crippen molar-refractivity contribution in [3.05, 3.63) is 54.1 Å². The van der Waals surface area contributed by atoms with Crippen LogP contribution in [0.5, 0.6) is 5.75 Å². The van der Waals surface area contributed by atoms with Gasteiger partial charge in [-0.1, -0.05) is 17.7 Å². The third-order valence-electron chi connectivity index (χ3n) is 3.40. The molecule has 3 amide bonds. The van der Waals surface area contributed by atoms with E-state index in [-0.39, 0.29) is 18.5 Å². The van der Waals surface area contributed by atoms with Gasteiger partial charge < -0.3 is 20.3 Å². The number of ether oxygens (including phenoxy) is 1. The van der Waals surface area contributed by atoms with Gasteiger partial charge in [0.2, 0.25) is 5.91 Å². The Morgan fingerprint density at radius 2 is 1.50 bits per heavy atom. The maximum atomic E-state index is 12.1. The number of methoxy groups -OCH3 is 1. The van der Waals surface area contributed by atoms with Crippen LogP contribution < -0.4 is 15.4 Å². The van der Waals surface area contributed by atoms with Crippen LogP contribution in [0.3, 0.4) is 0 Å². The van der Waals surface area contributed by atoms with Gasteiger partial charge in [0, 0.05) is 18.4 Å². The Bertz CT molecular complexity index is 696. The Morgan fingerprint density at radius 3 is 2.08 bits per heavy atom. The molecule has 0 bridgehead atoms. The van der Waals surface area contributed by atoms with Crippen LogP contribution in [0.4, 0.5) is 16.2 Å². The van der Waals surface area contributed by atoms with Crippen LogP contribution in [0, 0.1) is 6.92 Å². The summed E-state index contributed by atoms with van der Waals surface area (Å²) in [6, 6.07) is 14.1. The van der Waals surface area contributed by atoms with Gasteiger partial charge in [-0.15, -0.1) is 0 Å². The second kappa shape index (κ2) is 8.01. The first-order valence-corrected chi connectivity index (χ1v) is 7.50. The highest BCUT2D eigenvalue weighted by molar-refractivity contribution is 5.96. The molecule has 0 saturated carbocycles. The predicted molar refractivity (Wildman–Crippen MR) is 94.5 cm³/mol. The molecule has 0 fully saturated rings. The molecule has 2 rings (SSSR count). The number of aryl methyl sites for hydroxylation is 1. The third kappa shape index (κ3) is 5.01. The first kappa shape index (κ1) is 17.3. The molecule has 0 radical (unpaired) electrons. The molecule has 0 atom stereocenters. The van der Waals surface area contributed by atoms with Gasteiger partial charge in [0.05, 0.1) is 7.11 Å². The van der Waals surface area contributed by atoms with E-state index < -0.39 is 0 Å². The van der Waals surface area contributed by atoms with Gasteiger partial charge in [0.25, 0.3) is 0 Å². The molecule has 2 aromatic rings. The third-order valence-corrected chi connectivity index (χ3v) is 3.40. The Balaban J connectivity index is 1.85. The number of urea groups is 1. The average Bonchev–Trinajstić information content (AvgIpc) is 2.57. The van der Waals surface area contributed by atoms with E-state index in [1.807, 2.05) is 31.2 Å². The second-order valence-electron chi connectivity index (χ2n) is 5.43. The molecule has 2 aromatic carbocycles. The number of rotatable bonds is 5. The predicted octanol–water partition coefficient (Wildman–Crippen LogP) is 3.11. The van der Waals surface area contributed by atoms with Crippen molar-refractivity contribution in [3.63, 3.8) is 0 Å². The Morgan fingerprint density at radius 1 is 0.958 bits per heavy atom. The number of carbonyl (C=O) groups is 2. The molecule has 6 nitrogen and oxygen atoms in total. The fraction of sp³-hybridized carbons (Fsp3) is 0.222. The van der Waals surface area contributed by atoms with Crippen LogP contribution in [0.1, 0.15) is 5.56 Å². The molecule has 0 aliphatic carbocycles. The lowest BCUT2D eigenvalue weighted by Gasteiger charge is -2.17. The summed E-state index contributed by atoms with van der Waals surface area (Å²) in [5.74, 6) is 0.449. The van der Waals surface area contributed by atoms with Crippen molar-refractivity contribution in [1.29, 1.82) is 0 Å². The number of hydrogen-bond donors (Lipinski definition) is 2. The summed E-state index contributed by atoms with van der Waals surface area (Å²) in [6.45, 7) is 1.93. The van der Waals surface area contributed by atoms with Gasteiger partial charge in [-0.05, 0) is 43.3 Å². The van der Waals surface area contributed by atoms with Gasteiger partial charge >= 0.3 is 6.03 Å². The van der Waals surface area contributed by atoms with Crippen molar-refractivity contribution in [3.8, 4) is 5.75 Å². The monoisotopic (exact) mass is 327 g/mol. The van der Waals surface area contributed by atoms with E-state index in [1.54, 1.807) is 38.4 Å². The number of nitrogens with zero attached hydrogens (tertiary/aromatic N) is 1. The van der Waals surface area contributed by atoms with E-state index in [9.17, 15) is 9.59 Å². The molecule has 24 heavy (non-hydrogen) atoms. The molecule has 2 N–H and O–H groups in total. The second-order valence-corrected chi connectivity index (χ2v) is 5.43. The summed E-state index contributed by atoms with van der Waals surface area (Å²) in [6.07, 6.45) is 0. The summed E-state index contributed by atoms with van der Waals surface area (Å²) in [7, 11) is 3.14. The fourth-order valence-corrected chi connectivity index (χ4v) is 2.02. The van der Waals surface area contributed by atoms with Gasteiger partial charge in [-0.3, -0.25) is 4.79 Å². The van der Waals surface area contributed by atoms with Crippen LogP contribution >= 0.6 is 0 Å². The van der Waals surface area contributed by atoms with E-state index in [1.165, 1.54) is 4.90 Å². The van der Waals surface area contributed by atoms with Crippen LogP contribution in [0.25, 0.3) is 0 Å². The molecular weight excluding hydrogens is 306 g/mol. The van der Waals surface area contributed by atoms with E-state index in [0.717, 1.165) is 5.56 Å². The van der Waals surface area contributed by atoms with Gasteiger partial charge in [-0.25, -0.2) is 4.79 Å². The molecule has 0 aliphatic heterocycles. The van der Waals surface area contributed by atoms with Crippen LogP contribution in [-0.2, 0) is 4.79 Å². The van der Waals surface area contributed by atoms with Crippen LogP contribution in [0.2, 0.25) is 0 Å². The molecule has 6 heteroatoms. The quantitative estimate of drug-likeness (QED) is 0.886. The first-order chi connectivity index (χ1) is 11.5. The minimum absolute atomic E-state index is 0.0458. The molecule has 0 aliphatic rings. The van der Waals surface area contributed by atoms with Crippen molar-refractivity contribution in [1.82, 2.24) is 4.90 Å². The average molecular weight is 327 g/mol. The van der Waals surface area contributed by atoms with Crippen molar-refractivity contribution >= 4 is 23.3 Å². The number of benzene rings is 2. The Hall–Kier alpha value is -3.02. The highest BCUT2D eigenvalue weighted by atomic mass is 16.5. The summed E-state index contributed by atoms with van der Waals surface area (Å²) >= 11 is 0. The lowest BCUT2D eigenvalue weighted by Crippen LogP contribution is -2.37. The van der Waals surface area contributed by atoms with E-state index >= 15 is 0 Å². The summed E-state index contributed by atoms with van der Waals surface area (Å²) in [4.78, 5) is 25.4. The zero-order chi connectivity index (χ0) is 17.5. The Kier molecular flexibility index (Phi) is 5.78. The summed E-state index contributed by atoms with van der Waals surface area (Å²) in [5.41, 5.74) is 2.45. The molecular formula is C18H21N3O3. The van der Waals surface area contributed by atoms with Gasteiger partial charge in [-0.2, -0.15) is 0 Å². The summed E-state index contributed by atoms with van der Waals surface area (Å²) < 4.78 is 5.06. The van der Waals surface area contributed by atoms with Crippen molar-refractivity contribution in [2.75, 3.05) is 31.3 Å². The molecule has 0 saturated heterocycles. The molecule has 0 unspecified atom stereocenters. The highest BCUT2D eigenvalue weighted by Gasteiger charge is 2.13. The van der Waals surface area contributed by atoms with Gasteiger partial charge in [0.1, 0.15) is 12.3 Å². The number of anilines is 2. The van der Waals surface area contributed by atoms with E-state index in [2.05, 4.69) is 10.6 Å². The molecule has 126 valence electrons. The van der Waals surface area contributed by atoms with E-state index in [4.69, 9.17) is 4.74 Å². The summed E-state index contributed by atoms with van der Waals surface area (Å²) in [5, 5.41) is 5.48. The first-order valence-electron chi connectivity index (χ1n) is 7.50. The highest BCUT2D eigenvalue weighted by Crippen LogP contribution is 2.15. The number of carbonyl (C=O) groups excluding carboxylic acids is 2. The standard InChI is InChI=1S/C18H21N3O3/c1-13-4-6-14(7-5-13)19-17(22)12-21(2)18(23)20-15-8-10-16(24-3)11-9-15/h4-11H,12H2,1-3H3,(H,19,22)(H,20,23). The largest absolute Gasteiger partial charge is 0.497 e. The maximum Gasteiger partial charge on any atom is 0.322 e. The van der Waals surface area contributed by atoms with Crippen LogP contribution in [-0.4, -0.2) is 37.5 Å². The molecule has 0 heterocycles.